The molecule has 0 heterocycles. The number of hydrogen-bond donors (Lipinski definition) is 2. The van der Waals surface area contributed by atoms with Gasteiger partial charge in [0.1, 0.15) is 6.61 Å². The summed E-state index contributed by atoms with van der Waals surface area (Å²) in [5.74, 6) is 0.0709. The second kappa shape index (κ2) is 8.17. The average molecular weight is 501 g/mol. The smallest absolute Gasteiger partial charge is 0.407 e. The Balaban J connectivity index is 1.43. The minimum Gasteiger partial charge on any atom is -0.449 e. The van der Waals surface area contributed by atoms with Crippen LogP contribution in [-0.4, -0.2) is 12.7 Å². The van der Waals surface area contributed by atoms with Crippen LogP contribution in [0.25, 0.3) is 11.1 Å². The van der Waals surface area contributed by atoms with Gasteiger partial charge in [0, 0.05) is 20.9 Å². The Morgan fingerprint density at radius 1 is 1.07 bits per heavy atom. The summed E-state index contributed by atoms with van der Waals surface area (Å²) in [7, 11) is 0. The molecule has 0 bridgehead atoms. The highest BCUT2D eigenvalue weighted by atomic mass is 127. The summed E-state index contributed by atoms with van der Waals surface area (Å²) >= 11 is 6.74. The van der Waals surface area contributed by atoms with Gasteiger partial charge in [-0.1, -0.05) is 48.5 Å². The summed E-state index contributed by atoms with van der Waals surface area (Å²) in [4.78, 5) is 13.3. The van der Waals surface area contributed by atoms with Crippen LogP contribution < -0.4 is 5.32 Å². The highest BCUT2D eigenvalue weighted by Crippen LogP contribution is 2.44. The van der Waals surface area contributed by atoms with Gasteiger partial charge in [0.05, 0.1) is 0 Å². The molecule has 0 radical (unpaired) electrons. The molecule has 1 amide bonds. The molecule has 1 aliphatic carbocycles. The largest absolute Gasteiger partial charge is 0.449 e. The third kappa shape index (κ3) is 3.78. The Hall–Kier alpha value is -1.99. The van der Waals surface area contributed by atoms with Crippen molar-refractivity contribution in [2.45, 2.75) is 24.3 Å². The number of carbonyl (C=O) groups excluding carboxylic acids is 1. The van der Waals surface area contributed by atoms with Gasteiger partial charge in [-0.15, -0.1) is 12.6 Å². The lowest BCUT2D eigenvalue weighted by Crippen LogP contribution is -2.26. The molecule has 0 unspecified atom stereocenters. The predicted octanol–water partition coefficient (Wildman–Crippen LogP) is 5.93. The maximum atomic E-state index is 12.3. The van der Waals surface area contributed by atoms with Crippen LogP contribution in [0.3, 0.4) is 0 Å². The molecule has 1 aliphatic rings. The summed E-state index contributed by atoms with van der Waals surface area (Å²) in [5.41, 5.74) is 6.99. The molecule has 3 aromatic carbocycles. The number of rotatable bonds is 4. The Labute approximate surface area is 184 Å². The van der Waals surface area contributed by atoms with Gasteiger partial charge in [0.25, 0.3) is 0 Å². The van der Waals surface area contributed by atoms with E-state index in [1.807, 2.05) is 37.3 Å². The molecule has 28 heavy (non-hydrogen) atoms. The van der Waals surface area contributed by atoms with Gasteiger partial charge in [-0.3, -0.25) is 0 Å². The molecule has 142 valence electrons. The lowest BCUT2D eigenvalue weighted by Gasteiger charge is -2.15. The number of nitrogens with one attached hydrogen (secondary N) is 1. The number of fused-ring (bicyclic) bond motifs is 3. The van der Waals surface area contributed by atoms with E-state index >= 15 is 0 Å². The van der Waals surface area contributed by atoms with E-state index in [2.05, 4.69) is 70.9 Å². The van der Waals surface area contributed by atoms with Crippen LogP contribution in [0.2, 0.25) is 0 Å². The fourth-order valence-electron chi connectivity index (χ4n) is 3.72. The monoisotopic (exact) mass is 501 g/mol. The van der Waals surface area contributed by atoms with Crippen molar-refractivity contribution in [1.82, 2.24) is 5.32 Å². The van der Waals surface area contributed by atoms with Gasteiger partial charge in [-0.2, -0.15) is 0 Å². The molecule has 1 N–H and O–H groups in total. The van der Waals surface area contributed by atoms with E-state index in [9.17, 15) is 4.79 Å². The number of alkyl carbamates (subject to hydrolysis) is 1. The molecule has 0 spiro atoms. The summed E-state index contributed by atoms with van der Waals surface area (Å²) in [6, 6.07) is 20.7. The van der Waals surface area contributed by atoms with E-state index < -0.39 is 6.09 Å². The molecule has 0 saturated carbocycles. The van der Waals surface area contributed by atoms with E-state index in [1.165, 1.54) is 22.3 Å². The SMILES string of the molecule is Cc1c(S)cc(I)cc1CNC(=O)OCC1c2ccccc2-c2ccccc21. The van der Waals surface area contributed by atoms with Crippen molar-refractivity contribution < 1.29 is 9.53 Å². The van der Waals surface area contributed by atoms with Crippen LogP contribution in [0.4, 0.5) is 4.79 Å². The number of halogens is 1. The van der Waals surface area contributed by atoms with Crippen molar-refractivity contribution >= 4 is 41.3 Å². The van der Waals surface area contributed by atoms with E-state index in [0.717, 1.165) is 19.6 Å². The molecule has 5 heteroatoms. The second-order valence-corrected chi connectivity index (χ2v) is 8.62. The zero-order chi connectivity index (χ0) is 19.7. The standard InChI is InChI=1S/C23H20INO2S/c1-14-15(10-16(24)11-22(14)28)12-25-23(26)27-13-21-19-8-4-2-6-17(19)18-7-3-5-9-20(18)21/h2-11,21,28H,12-13H2,1H3,(H,25,26). The summed E-state index contributed by atoms with van der Waals surface area (Å²) < 4.78 is 6.69. The van der Waals surface area contributed by atoms with Crippen molar-refractivity contribution in [2.75, 3.05) is 6.61 Å². The molecule has 0 fully saturated rings. The number of carbonyl (C=O) groups is 1. The van der Waals surface area contributed by atoms with Crippen LogP contribution in [0, 0.1) is 10.5 Å². The van der Waals surface area contributed by atoms with E-state index in [1.54, 1.807) is 0 Å². The zero-order valence-corrected chi connectivity index (χ0v) is 18.5. The van der Waals surface area contributed by atoms with E-state index in [-0.39, 0.29) is 5.92 Å². The Bertz CT molecular complexity index is 1010. The topological polar surface area (TPSA) is 38.3 Å². The summed E-state index contributed by atoms with van der Waals surface area (Å²) in [5, 5.41) is 2.87. The minimum atomic E-state index is -0.402. The van der Waals surface area contributed by atoms with Crippen LogP contribution >= 0.6 is 35.2 Å². The van der Waals surface area contributed by atoms with Crippen molar-refractivity contribution in [3.05, 3.63) is 86.5 Å². The number of ether oxygens (including phenoxy) is 1. The first kappa shape index (κ1) is 19.3. The third-order valence-electron chi connectivity index (χ3n) is 5.22. The van der Waals surface area contributed by atoms with Gasteiger partial charge in [0.15, 0.2) is 0 Å². The van der Waals surface area contributed by atoms with Crippen LogP contribution in [0.5, 0.6) is 0 Å². The molecule has 4 rings (SSSR count). The molecular weight excluding hydrogens is 481 g/mol. The third-order valence-corrected chi connectivity index (χ3v) is 6.31. The molecule has 0 aliphatic heterocycles. The van der Waals surface area contributed by atoms with Crippen LogP contribution in [0.15, 0.2) is 65.6 Å². The fraction of sp³-hybridized carbons (Fsp3) is 0.174. The Morgan fingerprint density at radius 2 is 1.68 bits per heavy atom. The van der Waals surface area contributed by atoms with E-state index in [4.69, 9.17) is 4.74 Å². The normalized spacial score (nSPS) is 12.4. The van der Waals surface area contributed by atoms with Crippen LogP contribution in [0.1, 0.15) is 28.2 Å². The van der Waals surface area contributed by atoms with Gasteiger partial charge in [0.2, 0.25) is 0 Å². The maximum absolute atomic E-state index is 12.3. The predicted molar refractivity (Wildman–Crippen MR) is 123 cm³/mol. The number of thiol groups is 1. The van der Waals surface area contributed by atoms with Gasteiger partial charge in [-0.25, -0.2) is 4.79 Å². The Kier molecular flexibility index (Phi) is 5.64. The number of benzene rings is 3. The lowest BCUT2D eigenvalue weighted by molar-refractivity contribution is 0.142. The quantitative estimate of drug-likeness (QED) is 0.344. The zero-order valence-electron chi connectivity index (χ0n) is 15.4. The number of hydrogen-bond acceptors (Lipinski definition) is 3. The summed E-state index contributed by atoms with van der Waals surface area (Å²) in [6.07, 6.45) is -0.402. The first-order valence-electron chi connectivity index (χ1n) is 9.11. The summed E-state index contributed by atoms with van der Waals surface area (Å²) in [6.45, 7) is 2.75. The van der Waals surface area contributed by atoms with Crippen molar-refractivity contribution in [3.63, 3.8) is 0 Å². The van der Waals surface area contributed by atoms with Gasteiger partial charge < -0.3 is 10.1 Å². The van der Waals surface area contributed by atoms with Crippen LogP contribution in [-0.2, 0) is 11.3 Å². The van der Waals surface area contributed by atoms with E-state index in [0.29, 0.717) is 13.2 Å². The minimum absolute atomic E-state index is 0.0709. The molecule has 0 saturated heterocycles. The molecule has 0 aromatic heterocycles. The first-order chi connectivity index (χ1) is 13.5. The molecule has 3 aromatic rings. The highest BCUT2D eigenvalue weighted by Gasteiger charge is 2.28. The van der Waals surface area contributed by atoms with Crippen molar-refractivity contribution in [2.24, 2.45) is 0 Å². The number of amides is 1. The van der Waals surface area contributed by atoms with Gasteiger partial charge in [-0.05, 0) is 75.0 Å². The first-order valence-corrected chi connectivity index (χ1v) is 10.6. The Morgan fingerprint density at radius 3 is 2.32 bits per heavy atom. The lowest BCUT2D eigenvalue weighted by atomic mass is 9.98. The van der Waals surface area contributed by atoms with Gasteiger partial charge >= 0.3 is 6.09 Å². The maximum Gasteiger partial charge on any atom is 0.407 e. The van der Waals surface area contributed by atoms with Crippen molar-refractivity contribution in [3.8, 4) is 11.1 Å². The average Bonchev–Trinajstić information content (AvgIpc) is 3.02. The second-order valence-electron chi connectivity index (χ2n) is 6.89. The fourth-order valence-corrected chi connectivity index (χ4v) is 4.94. The molecule has 0 atom stereocenters. The molecular formula is C23H20INO2S. The van der Waals surface area contributed by atoms with Crippen molar-refractivity contribution in [1.29, 1.82) is 0 Å². The molecule has 3 nitrogen and oxygen atoms in total. The highest BCUT2D eigenvalue weighted by molar-refractivity contribution is 14.1.